The molecule has 126 valence electrons. The van der Waals surface area contributed by atoms with Gasteiger partial charge in [0.2, 0.25) is 0 Å². The van der Waals surface area contributed by atoms with Gasteiger partial charge >= 0.3 is 0 Å². The topological polar surface area (TPSA) is 17.1 Å². The van der Waals surface area contributed by atoms with Crippen LogP contribution in [0, 0.1) is 5.41 Å². The zero-order chi connectivity index (χ0) is 16.6. The van der Waals surface area contributed by atoms with Gasteiger partial charge in [-0.2, -0.15) is 0 Å². The highest BCUT2D eigenvalue weighted by atomic mass is 16.1. The fourth-order valence-electron chi connectivity index (χ4n) is 6.13. The quantitative estimate of drug-likeness (QED) is 0.692. The average Bonchev–Trinajstić information content (AvgIpc) is 3.24. The molecule has 2 aromatic carbocycles. The van der Waals surface area contributed by atoms with E-state index in [1.807, 2.05) is 0 Å². The molecule has 1 nitrogen and oxygen atoms in total. The molecular weight excluding hydrogens is 304 g/mol. The van der Waals surface area contributed by atoms with Crippen LogP contribution >= 0.6 is 0 Å². The number of fused-ring (bicyclic) bond motifs is 4. The van der Waals surface area contributed by atoms with Crippen LogP contribution in [0.4, 0.5) is 0 Å². The summed E-state index contributed by atoms with van der Waals surface area (Å²) < 4.78 is 0. The van der Waals surface area contributed by atoms with Crippen LogP contribution in [0.1, 0.15) is 68.6 Å². The Morgan fingerprint density at radius 2 is 1.08 bits per heavy atom. The maximum atomic E-state index is 12.1. The van der Waals surface area contributed by atoms with Crippen molar-refractivity contribution in [2.75, 3.05) is 0 Å². The van der Waals surface area contributed by atoms with Crippen LogP contribution in [0.25, 0.3) is 0 Å². The number of aryl methyl sites for hydroxylation is 3. The number of ketones is 1. The SMILES string of the molecule is O=C1CCc2cc3c(cc21)CC1(Cc2cc4c(cc2C1)CCCC4)C3. The van der Waals surface area contributed by atoms with Crippen molar-refractivity contribution >= 4 is 5.78 Å². The summed E-state index contributed by atoms with van der Waals surface area (Å²) in [5.74, 6) is 0.362. The van der Waals surface area contributed by atoms with Crippen molar-refractivity contribution in [2.45, 2.75) is 64.2 Å². The number of hydrogen-bond donors (Lipinski definition) is 0. The van der Waals surface area contributed by atoms with Gasteiger partial charge < -0.3 is 0 Å². The molecule has 0 fully saturated rings. The molecule has 0 aliphatic heterocycles. The number of carbonyl (C=O) groups excluding carboxylic acids is 1. The van der Waals surface area contributed by atoms with Gasteiger partial charge in [0, 0.05) is 12.0 Å². The Balaban J connectivity index is 1.36. The van der Waals surface area contributed by atoms with Crippen molar-refractivity contribution < 1.29 is 4.79 Å². The van der Waals surface area contributed by atoms with Crippen LogP contribution in [-0.4, -0.2) is 5.78 Å². The van der Waals surface area contributed by atoms with Crippen LogP contribution in [-0.2, 0) is 44.9 Å². The molecule has 4 aliphatic rings. The lowest BCUT2D eigenvalue weighted by molar-refractivity contribution is 0.0994. The minimum atomic E-state index is 0.362. The molecule has 0 amide bonds. The summed E-state index contributed by atoms with van der Waals surface area (Å²) in [6.45, 7) is 0. The zero-order valence-corrected chi connectivity index (χ0v) is 14.8. The molecule has 0 saturated heterocycles. The number of Topliss-reactive ketones (excluding diaryl/α,β-unsaturated/α-hetero) is 1. The molecular formula is C24H24O. The number of hydrogen-bond acceptors (Lipinski definition) is 1. The van der Waals surface area contributed by atoms with Crippen molar-refractivity contribution in [3.63, 3.8) is 0 Å². The Morgan fingerprint density at radius 1 is 0.560 bits per heavy atom. The van der Waals surface area contributed by atoms with Crippen LogP contribution in [0.5, 0.6) is 0 Å². The van der Waals surface area contributed by atoms with Crippen molar-refractivity contribution in [1.29, 1.82) is 0 Å². The van der Waals surface area contributed by atoms with Gasteiger partial charge in [-0.3, -0.25) is 4.79 Å². The van der Waals surface area contributed by atoms with Gasteiger partial charge in [-0.1, -0.05) is 18.2 Å². The molecule has 2 aromatic rings. The van der Waals surface area contributed by atoms with E-state index in [9.17, 15) is 4.79 Å². The highest BCUT2D eigenvalue weighted by Gasteiger charge is 2.43. The first kappa shape index (κ1) is 14.3. The lowest BCUT2D eigenvalue weighted by Crippen LogP contribution is -2.21. The van der Waals surface area contributed by atoms with E-state index < -0.39 is 0 Å². The zero-order valence-electron chi connectivity index (χ0n) is 14.8. The summed E-state index contributed by atoms with van der Waals surface area (Å²) in [5, 5.41) is 0. The van der Waals surface area contributed by atoms with Crippen LogP contribution in [0.2, 0.25) is 0 Å². The van der Waals surface area contributed by atoms with Crippen LogP contribution in [0.3, 0.4) is 0 Å². The third-order valence-electron chi connectivity index (χ3n) is 7.27. The average molecular weight is 328 g/mol. The van der Waals surface area contributed by atoms with Crippen LogP contribution < -0.4 is 0 Å². The molecule has 0 bridgehead atoms. The maximum absolute atomic E-state index is 12.1. The molecule has 0 heterocycles. The Labute approximate surface area is 149 Å². The molecule has 0 unspecified atom stereocenters. The lowest BCUT2D eigenvalue weighted by atomic mass is 9.82. The molecule has 0 atom stereocenters. The predicted octanol–water partition coefficient (Wildman–Crippen LogP) is 4.58. The molecule has 0 N–H and O–H groups in total. The highest BCUT2D eigenvalue weighted by molar-refractivity contribution is 6.00. The molecule has 0 saturated carbocycles. The van der Waals surface area contributed by atoms with Crippen molar-refractivity contribution in [3.8, 4) is 0 Å². The second kappa shape index (κ2) is 4.84. The van der Waals surface area contributed by atoms with Gasteiger partial charge in [-0.25, -0.2) is 0 Å². The molecule has 0 aromatic heterocycles. The minimum absolute atomic E-state index is 0.362. The lowest BCUT2D eigenvalue weighted by Gasteiger charge is -2.22. The van der Waals surface area contributed by atoms with Crippen LogP contribution in [0.15, 0.2) is 24.3 Å². The second-order valence-electron chi connectivity index (χ2n) is 9.01. The van der Waals surface area contributed by atoms with E-state index in [4.69, 9.17) is 0 Å². The summed E-state index contributed by atoms with van der Waals surface area (Å²) in [5.41, 5.74) is 12.2. The summed E-state index contributed by atoms with van der Waals surface area (Å²) in [6.07, 6.45) is 11.8. The molecule has 6 rings (SSSR count). The Kier molecular flexibility index (Phi) is 2.77. The summed E-state index contributed by atoms with van der Waals surface area (Å²) in [7, 11) is 0. The Hall–Kier alpha value is -1.89. The van der Waals surface area contributed by atoms with Gasteiger partial charge in [-0.15, -0.1) is 0 Å². The number of benzene rings is 2. The fourth-order valence-corrected chi connectivity index (χ4v) is 6.13. The predicted molar refractivity (Wildman–Crippen MR) is 99.4 cm³/mol. The standard InChI is InChI=1S/C24H24O/c25-23-6-5-17-9-20-13-24(14-21(20)10-22(17)23)11-18-7-15-3-1-2-4-16(15)8-19(18)12-24/h7-10H,1-6,11-14H2. The summed E-state index contributed by atoms with van der Waals surface area (Å²) in [4.78, 5) is 12.1. The van der Waals surface area contributed by atoms with Gasteiger partial charge in [0.25, 0.3) is 0 Å². The van der Waals surface area contributed by atoms with E-state index in [0.717, 1.165) is 18.4 Å². The van der Waals surface area contributed by atoms with Gasteiger partial charge in [-0.05, 0) is 108 Å². The molecule has 0 radical (unpaired) electrons. The third-order valence-corrected chi connectivity index (χ3v) is 7.27. The smallest absolute Gasteiger partial charge is 0.163 e. The molecule has 4 aliphatic carbocycles. The van der Waals surface area contributed by atoms with Gasteiger partial charge in [0.1, 0.15) is 0 Å². The van der Waals surface area contributed by atoms with E-state index in [-0.39, 0.29) is 0 Å². The van der Waals surface area contributed by atoms with E-state index in [1.165, 1.54) is 68.1 Å². The van der Waals surface area contributed by atoms with Gasteiger partial charge in [0.05, 0.1) is 0 Å². The maximum Gasteiger partial charge on any atom is 0.163 e. The monoisotopic (exact) mass is 328 g/mol. The van der Waals surface area contributed by atoms with E-state index >= 15 is 0 Å². The number of carbonyl (C=O) groups is 1. The van der Waals surface area contributed by atoms with Crippen molar-refractivity contribution in [1.82, 2.24) is 0 Å². The first-order valence-corrected chi connectivity index (χ1v) is 10.0. The largest absolute Gasteiger partial charge is 0.294 e. The Bertz CT molecular complexity index is 899. The van der Waals surface area contributed by atoms with Gasteiger partial charge in [0.15, 0.2) is 5.78 Å². The Morgan fingerprint density at radius 3 is 1.68 bits per heavy atom. The van der Waals surface area contributed by atoms with E-state index in [1.54, 1.807) is 22.3 Å². The molecule has 25 heavy (non-hydrogen) atoms. The fraction of sp³-hybridized carbons (Fsp3) is 0.458. The van der Waals surface area contributed by atoms with Crippen molar-refractivity contribution in [3.05, 3.63) is 68.8 Å². The van der Waals surface area contributed by atoms with Crippen molar-refractivity contribution in [2.24, 2.45) is 5.41 Å². The first-order chi connectivity index (χ1) is 12.2. The first-order valence-electron chi connectivity index (χ1n) is 10.0. The highest BCUT2D eigenvalue weighted by Crippen LogP contribution is 2.49. The minimum Gasteiger partial charge on any atom is -0.294 e. The number of rotatable bonds is 0. The van der Waals surface area contributed by atoms with E-state index in [0.29, 0.717) is 11.2 Å². The second-order valence-corrected chi connectivity index (χ2v) is 9.01. The molecule has 1 spiro atoms. The summed E-state index contributed by atoms with van der Waals surface area (Å²) >= 11 is 0. The third kappa shape index (κ3) is 2.05. The summed E-state index contributed by atoms with van der Waals surface area (Å²) in [6, 6.07) is 9.72. The molecule has 1 heteroatoms. The van der Waals surface area contributed by atoms with E-state index in [2.05, 4.69) is 24.3 Å². The normalized spacial score (nSPS) is 22.0.